The quantitative estimate of drug-likeness (QED) is 0.639. The van der Waals surface area contributed by atoms with E-state index < -0.39 is 5.79 Å². The van der Waals surface area contributed by atoms with E-state index in [1.807, 2.05) is 13.8 Å². The number of hydrogen-bond acceptors (Lipinski definition) is 5. The van der Waals surface area contributed by atoms with Crippen LogP contribution in [0.1, 0.15) is 27.2 Å². The van der Waals surface area contributed by atoms with Crippen molar-refractivity contribution in [3.8, 4) is 0 Å². The zero-order valence-electron chi connectivity index (χ0n) is 9.19. The fourth-order valence-electron chi connectivity index (χ4n) is 1.90. The summed E-state index contributed by atoms with van der Waals surface area (Å²) in [5.41, 5.74) is 0. The largest absolute Gasteiger partial charge is 0.463 e. The van der Waals surface area contributed by atoms with Gasteiger partial charge in [-0.1, -0.05) is 0 Å². The lowest BCUT2D eigenvalue weighted by Gasteiger charge is -2.20. The van der Waals surface area contributed by atoms with E-state index >= 15 is 0 Å². The van der Waals surface area contributed by atoms with Gasteiger partial charge in [0.15, 0.2) is 12.1 Å². The molecule has 2 aliphatic rings. The summed E-state index contributed by atoms with van der Waals surface area (Å²) < 4.78 is 21.6. The van der Waals surface area contributed by atoms with Crippen LogP contribution in [-0.2, 0) is 23.7 Å². The molecule has 0 bridgehead atoms. The average Bonchev–Trinajstić information content (AvgIpc) is 2.53. The molecule has 86 valence electrons. The van der Waals surface area contributed by atoms with Gasteiger partial charge in [-0.3, -0.25) is 4.79 Å². The Bertz CT molecular complexity index is 247. The Kier molecular flexibility index (Phi) is 2.70. The molecule has 2 heterocycles. The zero-order valence-corrected chi connectivity index (χ0v) is 9.19. The molecule has 0 aliphatic carbocycles. The fraction of sp³-hybridized carbons (Fsp3) is 0.900. The van der Waals surface area contributed by atoms with Crippen molar-refractivity contribution in [2.24, 2.45) is 0 Å². The maximum absolute atomic E-state index is 10.6. The summed E-state index contributed by atoms with van der Waals surface area (Å²) in [5.74, 6) is -0.861. The van der Waals surface area contributed by atoms with E-state index in [0.29, 0.717) is 6.42 Å². The Hall–Kier alpha value is -0.650. The number of rotatable bonds is 2. The van der Waals surface area contributed by atoms with Gasteiger partial charge in [0.1, 0.15) is 12.7 Å². The van der Waals surface area contributed by atoms with Gasteiger partial charge >= 0.3 is 5.97 Å². The topological polar surface area (TPSA) is 54.0 Å². The summed E-state index contributed by atoms with van der Waals surface area (Å²) in [7, 11) is 0. The molecule has 0 radical (unpaired) electrons. The van der Waals surface area contributed by atoms with Crippen molar-refractivity contribution < 1.29 is 23.7 Å². The van der Waals surface area contributed by atoms with Gasteiger partial charge in [0.05, 0.1) is 6.10 Å². The number of carbonyl (C=O) groups is 1. The van der Waals surface area contributed by atoms with Crippen LogP contribution in [0.15, 0.2) is 0 Å². The third-order valence-electron chi connectivity index (χ3n) is 2.43. The molecular formula is C10H16O5. The lowest BCUT2D eigenvalue weighted by atomic mass is 10.2. The number of hydrogen-bond donors (Lipinski definition) is 0. The van der Waals surface area contributed by atoms with Gasteiger partial charge in [-0.05, 0) is 13.8 Å². The minimum absolute atomic E-state index is 0.0411. The van der Waals surface area contributed by atoms with Crippen LogP contribution < -0.4 is 0 Å². The summed E-state index contributed by atoms with van der Waals surface area (Å²) in [6, 6.07) is 0. The van der Waals surface area contributed by atoms with E-state index in [9.17, 15) is 4.79 Å². The first-order valence-electron chi connectivity index (χ1n) is 5.11. The standard InChI is InChI=1S/C10H16O5/c1-6(11)12-5-7-4-8-9(13-7)15-10(2,3)14-8/h7-9H,4-5H2,1-3H3/t7-,8+,9?/m0/s1. The molecule has 0 aromatic heterocycles. The number of esters is 1. The summed E-state index contributed by atoms with van der Waals surface area (Å²) in [6.45, 7) is 5.37. The molecule has 2 rings (SSSR count). The summed E-state index contributed by atoms with van der Waals surface area (Å²) in [5, 5.41) is 0. The molecule has 0 aromatic carbocycles. The molecule has 5 heteroatoms. The Morgan fingerprint density at radius 2 is 2.20 bits per heavy atom. The molecule has 5 nitrogen and oxygen atoms in total. The molecule has 15 heavy (non-hydrogen) atoms. The van der Waals surface area contributed by atoms with Crippen molar-refractivity contribution in [3.63, 3.8) is 0 Å². The van der Waals surface area contributed by atoms with Crippen molar-refractivity contribution in [2.45, 2.75) is 51.5 Å². The van der Waals surface area contributed by atoms with E-state index in [-0.39, 0.29) is 31.1 Å². The molecule has 0 aromatic rings. The van der Waals surface area contributed by atoms with Crippen molar-refractivity contribution in [3.05, 3.63) is 0 Å². The first kappa shape index (κ1) is 10.9. The summed E-state index contributed by atoms with van der Waals surface area (Å²) in [4.78, 5) is 10.6. The van der Waals surface area contributed by atoms with Crippen LogP contribution in [0.5, 0.6) is 0 Å². The van der Waals surface area contributed by atoms with Crippen molar-refractivity contribution in [2.75, 3.05) is 6.61 Å². The molecular weight excluding hydrogens is 200 g/mol. The van der Waals surface area contributed by atoms with E-state index in [0.717, 1.165) is 0 Å². The molecule has 0 spiro atoms. The maximum Gasteiger partial charge on any atom is 0.302 e. The van der Waals surface area contributed by atoms with Crippen molar-refractivity contribution in [1.82, 2.24) is 0 Å². The van der Waals surface area contributed by atoms with Gasteiger partial charge in [-0.25, -0.2) is 0 Å². The third-order valence-corrected chi connectivity index (χ3v) is 2.43. The number of ether oxygens (including phenoxy) is 4. The lowest BCUT2D eigenvalue weighted by molar-refractivity contribution is -0.209. The van der Waals surface area contributed by atoms with Crippen LogP contribution in [0.4, 0.5) is 0 Å². The highest BCUT2D eigenvalue weighted by Gasteiger charge is 2.48. The highest BCUT2D eigenvalue weighted by atomic mass is 16.8. The second-order valence-corrected chi connectivity index (χ2v) is 4.34. The molecule has 0 N–H and O–H groups in total. The van der Waals surface area contributed by atoms with Crippen molar-refractivity contribution in [1.29, 1.82) is 0 Å². The van der Waals surface area contributed by atoms with Gasteiger partial charge < -0.3 is 18.9 Å². The van der Waals surface area contributed by atoms with Crippen LogP contribution in [0.25, 0.3) is 0 Å². The first-order valence-corrected chi connectivity index (χ1v) is 5.11. The highest BCUT2D eigenvalue weighted by Crippen LogP contribution is 2.36. The van der Waals surface area contributed by atoms with Gasteiger partial charge in [-0.2, -0.15) is 0 Å². The molecule has 0 saturated carbocycles. The first-order chi connectivity index (χ1) is 6.96. The summed E-state index contributed by atoms with van der Waals surface area (Å²) >= 11 is 0. The van der Waals surface area contributed by atoms with Crippen molar-refractivity contribution >= 4 is 5.97 Å². The van der Waals surface area contributed by atoms with E-state index in [1.165, 1.54) is 6.92 Å². The van der Waals surface area contributed by atoms with Gasteiger partial charge in [-0.15, -0.1) is 0 Å². The number of fused-ring (bicyclic) bond motifs is 1. The molecule has 2 saturated heterocycles. The molecule has 2 fully saturated rings. The monoisotopic (exact) mass is 216 g/mol. The normalized spacial score (nSPS) is 37.7. The van der Waals surface area contributed by atoms with Crippen LogP contribution in [0.2, 0.25) is 0 Å². The second kappa shape index (κ2) is 3.73. The SMILES string of the molecule is CC(=O)OC[C@@H]1C[C@H]2OC(C)(C)OC2O1. The maximum atomic E-state index is 10.6. The smallest absolute Gasteiger partial charge is 0.302 e. The van der Waals surface area contributed by atoms with Gasteiger partial charge in [0.2, 0.25) is 0 Å². The fourth-order valence-corrected chi connectivity index (χ4v) is 1.90. The van der Waals surface area contributed by atoms with E-state index in [1.54, 1.807) is 0 Å². The van der Waals surface area contributed by atoms with Crippen LogP contribution in [0, 0.1) is 0 Å². The Morgan fingerprint density at radius 1 is 1.47 bits per heavy atom. The number of carbonyl (C=O) groups excluding carboxylic acids is 1. The Balaban J connectivity index is 1.81. The highest BCUT2D eigenvalue weighted by molar-refractivity contribution is 5.65. The van der Waals surface area contributed by atoms with Crippen LogP contribution in [0.3, 0.4) is 0 Å². The lowest BCUT2D eigenvalue weighted by Crippen LogP contribution is -2.26. The van der Waals surface area contributed by atoms with Crippen LogP contribution in [-0.4, -0.2) is 36.9 Å². The van der Waals surface area contributed by atoms with Crippen LogP contribution >= 0.6 is 0 Å². The molecule has 1 unspecified atom stereocenters. The molecule has 2 aliphatic heterocycles. The summed E-state index contributed by atoms with van der Waals surface area (Å²) in [6.07, 6.45) is 0.239. The zero-order chi connectivity index (χ0) is 11.1. The Morgan fingerprint density at radius 3 is 2.80 bits per heavy atom. The average molecular weight is 216 g/mol. The minimum atomic E-state index is -0.568. The Labute approximate surface area is 88.6 Å². The predicted octanol–water partition coefficient (Wildman–Crippen LogP) is 0.816. The van der Waals surface area contributed by atoms with E-state index in [2.05, 4.69) is 0 Å². The van der Waals surface area contributed by atoms with Gasteiger partial charge in [0, 0.05) is 13.3 Å². The van der Waals surface area contributed by atoms with Gasteiger partial charge in [0.25, 0.3) is 0 Å². The third kappa shape index (κ3) is 2.48. The van der Waals surface area contributed by atoms with E-state index in [4.69, 9.17) is 18.9 Å². The molecule has 0 amide bonds. The second-order valence-electron chi connectivity index (χ2n) is 4.34. The minimum Gasteiger partial charge on any atom is -0.463 e. The molecule has 3 atom stereocenters. The predicted molar refractivity (Wildman–Crippen MR) is 49.9 cm³/mol.